The van der Waals surface area contributed by atoms with Crippen LogP contribution in [-0.2, 0) is 14.3 Å². The highest BCUT2D eigenvalue weighted by Crippen LogP contribution is 2.24. The van der Waals surface area contributed by atoms with E-state index in [2.05, 4.69) is 32.0 Å². The Hall–Kier alpha value is -3.24. The van der Waals surface area contributed by atoms with Gasteiger partial charge in [-0.2, -0.15) is 0 Å². The molecule has 1 aliphatic heterocycles. The largest absolute Gasteiger partial charge is 0.376 e. The topological polar surface area (TPSA) is 101 Å². The number of hydrogen-bond donors (Lipinski definition) is 3. The molecule has 2 aromatic carbocycles. The van der Waals surface area contributed by atoms with Crippen molar-refractivity contribution in [3.05, 3.63) is 64.5 Å². The van der Waals surface area contributed by atoms with Gasteiger partial charge in [0.2, 0.25) is 0 Å². The molecule has 3 N–H and O–H groups in total. The molecule has 2 heterocycles. The summed E-state index contributed by atoms with van der Waals surface area (Å²) in [6.07, 6.45) is 1.64. The first-order chi connectivity index (χ1) is 15.4. The second-order valence-corrected chi connectivity index (χ2v) is 8.23. The van der Waals surface area contributed by atoms with Gasteiger partial charge in [-0.1, -0.05) is 15.9 Å². The molecule has 1 atom stereocenters. The van der Waals surface area contributed by atoms with E-state index < -0.39 is 23.5 Å². The van der Waals surface area contributed by atoms with Gasteiger partial charge in [0, 0.05) is 28.7 Å². The maximum Gasteiger partial charge on any atom is 0.328 e. The lowest BCUT2D eigenvalue weighted by Crippen LogP contribution is -2.42. The predicted octanol–water partition coefficient (Wildman–Crippen LogP) is 3.16. The van der Waals surface area contributed by atoms with Crippen molar-refractivity contribution < 1.29 is 23.5 Å². The third kappa shape index (κ3) is 4.97. The minimum absolute atomic E-state index is 0.0997. The van der Waals surface area contributed by atoms with E-state index in [1.165, 1.54) is 28.9 Å². The summed E-state index contributed by atoms with van der Waals surface area (Å²) in [6, 6.07) is 12.1. The van der Waals surface area contributed by atoms with Crippen molar-refractivity contribution >= 4 is 50.2 Å². The first kappa shape index (κ1) is 22.0. The first-order valence-corrected chi connectivity index (χ1v) is 10.8. The van der Waals surface area contributed by atoms with Gasteiger partial charge in [0.25, 0.3) is 5.91 Å². The third-order valence-electron chi connectivity index (χ3n) is 5.03. The van der Waals surface area contributed by atoms with Gasteiger partial charge in [-0.05, 0) is 61.4 Å². The number of anilines is 1. The fourth-order valence-corrected chi connectivity index (χ4v) is 3.83. The molecular formula is C22H20BrFN4O4. The van der Waals surface area contributed by atoms with E-state index in [-0.39, 0.29) is 18.3 Å². The van der Waals surface area contributed by atoms with E-state index >= 15 is 0 Å². The number of carbonyl (C=O) groups is 3. The van der Waals surface area contributed by atoms with Crippen LogP contribution in [0.4, 0.5) is 10.1 Å². The van der Waals surface area contributed by atoms with Crippen molar-refractivity contribution in [1.29, 1.82) is 0 Å². The fraction of sp³-hybridized carbons (Fsp3) is 0.227. The van der Waals surface area contributed by atoms with Crippen LogP contribution in [0.1, 0.15) is 23.3 Å². The Morgan fingerprint density at radius 2 is 1.88 bits per heavy atom. The zero-order chi connectivity index (χ0) is 22.7. The van der Waals surface area contributed by atoms with E-state index in [0.29, 0.717) is 23.2 Å². The molecule has 1 aliphatic rings. The Balaban J connectivity index is 1.56. The SMILES string of the molecule is O=C(NC[C@@H]1CCCO1)C(=O)Nn1c(C(=O)Nc2ccc(F)cc2)cc2cc(Br)ccc21. The molecule has 8 nitrogen and oxygen atoms in total. The zero-order valence-corrected chi connectivity index (χ0v) is 18.4. The number of nitrogens with zero attached hydrogens (tertiary/aromatic N) is 1. The Kier molecular flexibility index (Phi) is 6.52. The monoisotopic (exact) mass is 502 g/mol. The summed E-state index contributed by atoms with van der Waals surface area (Å²) in [5, 5.41) is 5.88. The normalized spacial score (nSPS) is 15.5. The smallest absolute Gasteiger partial charge is 0.328 e. The molecule has 0 radical (unpaired) electrons. The Labute approximate surface area is 191 Å². The van der Waals surface area contributed by atoms with Crippen molar-refractivity contribution in [3.63, 3.8) is 0 Å². The number of fused-ring (bicyclic) bond motifs is 1. The summed E-state index contributed by atoms with van der Waals surface area (Å²) in [6.45, 7) is 0.883. The number of nitrogens with one attached hydrogen (secondary N) is 3. The molecule has 166 valence electrons. The molecule has 32 heavy (non-hydrogen) atoms. The third-order valence-corrected chi connectivity index (χ3v) is 5.53. The second-order valence-electron chi connectivity index (χ2n) is 7.32. The number of halogens is 2. The molecule has 0 bridgehead atoms. The van der Waals surface area contributed by atoms with Gasteiger partial charge in [-0.15, -0.1) is 0 Å². The van der Waals surface area contributed by atoms with Gasteiger partial charge in [0.05, 0.1) is 11.6 Å². The molecule has 1 saturated heterocycles. The Morgan fingerprint density at radius 3 is 2.59 bits per heavy atom. The lowest BCUT2D eigenvalue weighted by atomic mass is 10.2. The first-order valence-electron chi connectivity index (χ1n) is 9.99. The fourth-order valence-electron chi connectivity index (χ4n) is 3.45. The number of hydrogen-bond acceptors (Lipinski definition) is 4. The second kappa shape index (κ2) is 9.49. The van der Waals surface area contributed by atoms with Crippen molar-refractivity contribution in [1.82, 2.24) is 9.99 Å². The predicted molar refractivity (Wildman–Crippen MR) is 120 cm³/mol. The van der Waals surface area contributed by atoms with Crippen LogP contribution in [0.3, 0.4) is 0 Å². The highest BCUT2D eigenvalue weighted by molar-refractivity contribution is 9.10. The van der Waals surface area contributed by atoms with Crippen LogP contribution in [0.5, 0.6) is 0 Å². The number of amides is 3. The minimum Gasteiger partial charge on any atom is -0.376 e. The molecule has 0 saturated carbocycles. The number of carbonyl (C=O) groups excluding carboxylic acids is 3. The van der Waals surface area contributed by atoms with Gasteiger partial charge < -0.3 is 15.4 Å². The summed E-state index contributed by atoms with van der Waals surface area (Å²) >= 11 is 3.38. The molecule has 1 fully saturated rings. The van der Waals surface area contributed by atoms with E-state index in [1.807, 2.05) is 0 Å². The van der Waals surface area contributed by atoms with Gasteiger partial charge in [0.1, 0.15) is 11.5 Å². The molecule has 3 aromatic rings. The molecular weight excluding hydrogens is 483 g/mol. The van der Waals surface area contributed by atoms with E-state index in [1.54, 1.807) is 24.3 Å². The van der Waals surface area contributed by atoms with Crippen LogP contribution in [0, 0.1) is 5.82 Å². The number of benzene rings is 2. The van der Waals surface area contributed by atoms with Gasteiger partial charge in [-0.25, -0.2) is 9.07 Å². The highest BCUT2D eigenvalue weighted by Gasteiger charge is 2.23. The maximum absolute atomic E-state index is 13.2. The summed E-state index contributed by atoms with van der Waals surface area (Å²) in [7, 11) is 0. The molecule has 1 aromatic heterocycles. The molecule has 0 spiro atoms. The van der Waals surface area contributed by atoms with E-state index in [4.69, 9.17) is 4.74 Å². The summed E-state index contributed by atoms with van der Waals surface area (Å²) in [5.41, 5.74) is 3.50. The van der Waals surface area contributed by atoms with Crippen molar-refractivity contribution in [3.8, 4) is 0 Å². The zero-order valence-electron chi connectivity index (χ0n) is 16.9. The Morgan fingerprint density at radius 1 is 1.09 bits per heavy atom. The minimum atomic E-state index is -0.917. The van der Waals surface area contributed by atoms with Gasteiger partial charge in [-0.3, -0.25) is 19.8 Å². The molecule has 4 rings (SSSR count). The molecule has 0 unspecified atom stereocenters. The number of ether oxygens (including phenoxy) is 1. The van der Waals surface area contributed by atoms with Crippen molar-refractivity contribution in [2.24, 2.45) is 0 Å². The molecule has 10 heteroatoms. The average Bonchev–Trinajstić information content (AvgIpc) is 3.41. The quantitative estimate of drug-likeness (QED) is 0.466. The average molecular weight is 503 g/mol. The van der Waals surface area contributed by atoms with Crippen LogP contribution in [0.25, 0.3) is 10.9 Å². The Bertz CT molecular complexity index is 1170. The van der Waals surface area contributed by atoms with Crippen LogP contribution in [-0.4, -0.2) is 41.7 Å². The summed E-state index contributed by atoms with van der Waals surface area (Å²) in [4.78, 5) is 37.7. The van der Waals surface area contributed by atoms with Crippen LogP contribution < -0.4 is 16.1 Å². The molecule has 3 amide bonds. The van der Waals surface area contributed by atoms with Gasteiger partial charge in [0.15, 0.2) is 0 Å². The lowest BCUT2D eigenvalue weighted by molar-refractivity contribution is -0.136. The number of rotatable bonds is 5. The van der Waals surface area contributed by atoms with E-state index in [9.17, 15) is 18.8 Å². The van der Waals surface area contributed by atoms with Crippen LogP contribution >= 0.6 is 15.9 Å². The van der Waals surface area contributed by atoms with Crippen LogP contribution in [0.15, 0.2) is 53.0 Å². The number of aromatic nitrogens is 1. The summed E-state index contributed by atoms with van der Waals surface area (Å²) < 4.78 is 20.6. The standard InChI is InChI=1S/C22H20BrFN4O4/c23-14-3-8-18-13(10-14)11-19(20(29)26-16-6-4-15(24)5-7-16)28(18)27-22(31)21(30)25-12-17-2-1-9-32-17/h3-8,10-11,17H,1-2,9,12H2,(H,25,30)(H,26,29)(H,27,31)/t17-/m0/s1. The van der Waals surface area contributed by atoms with Crippen molar-refractivity contribution in [2.75, 3.05) is 23.9 Å². The van der Waals surface area contributed by atoms with Crippen LogP contribution in [0.2, 0.25) is 0 Å². The maximum atomic E-state index is 13.2. The summed E-state index contributed by atoms with van der Waals surface area (Å²) in [5.74, 6) is -2.71. The lowest BCUT2D eigenvalue weighted by Gasteiger charge is -2.14. The van der Waals surface area contributed by atoms with Crippen molar-refractivity contribution in [2.45, 2.75) is 18.9 Å². The van der Waals surface area contributed by atoms with E-state index in [0.717, 1.165) is 17.3 Å². The van der Waals surface area contributed by atoms with Gasteiger partial charge >= 0.3 is 11.8 Å². The molecule has 0 aliphatic carbocycles. The highest BCUT2D eigenvalue weighted by atomic mass is 79.9.